The maximum Gasteiger partial charge on any atom is 0.335 e. The predicted octanol–water partition coefficient (Wildman–Crippen LogP) is 3.03. The molecule has 0 heterocycles. The molecular formula is C16H12N2O4. The number of carboxylic acid groups (broad SMARTS) is 1. The van der Waals surface area contributed by atoms with Crippen LogP contribution < -0.4 is 10.1 Å². The molecule has 0 saturated heterocycles. The SMILES string of the molecule is N#CCC(=O)Nc1ccc(Oc2cccc(C(=O)O)c2)cc1. The number of carbonyl (C=O) groups is 2. The molecule has 0 spiro atoms. The minimum atomic E-state index is -1.03. The lowest BCUT2D eigenvalue weighted by molar-refractivity contribution is -0.115. The van der Waals surface area contributed by atoms with Gasteiger partial charge in [-0.25, -0.2) is 4.79 Å². The number of rotatable bonds is 5. The van der Waals surface area contributed by atoms with Crippen LogP contribution in [0.5, 0.6) is 11.5 Å². The quantitative estimate of drug-likeness (QED) is 0.883. The maximum atomic E-state index is 11.3. The summed E-state index contributed by atoms with van der Waals surface area (Å²) >= 11 is 0. The van der Waals surface area contributed by atoms with Crippen LogP contribution in [0, 0.1) is 11.3 Å². The van der Waals surface area contributed by atoms with Crippen LogP contribution in [-0.2, 0) is 4.79 Å². The number of nitrogens with zero attached hydrogens (tertiary/aromatic N) is 1. The van der Waals surface area contributed by atoms with Crippen LogP contribution in [0.15, 0.2) is 48.5 Å². The number of anilines is 1. The highest BCUT2D eigenvalue weighted by atomic mass is 16.5. The largest absolute Gasteiger partial charge is 0.478 e. The molecule has 0 aliphatic rings. The zero-order valence-corrected chi connectivity index (χ0v) is 11.4. The third-order valence-corrected chi connectivity index (χ3v) is 2.69. The highest BCUT2D eigenvalue weighted by molar-refractivity contribution is 5.92. The lowest BCUT2D eigenvalue weighted by atomic mass is 10.2. The lowest BCUT2D eigenvalue weighted by Gasteiger charge is -2.08. The first-order valence-electron chi connectivity index (χ1n) is 6.36. The summed E-state index contributed by atoms with van der Waals surface area (Å²) in [6.45, 7) is 0. The van der Waals surface area contributed by atoms with E-state index in [0.717, 1.165) is 0 Å². The number of carboxylic acids is 1. The Morgan fingerprint density at radius 2 is 1.86 bits per heavy atom. The van der Waals surface area contributed by atoms with E-state index in [2.05, 4.69) is 5.32 Å². The summed E-state index contributed by atoms with van der Waals surface area (Å²) in [5.41, 5.74) is 0.685. The molecule has 6 heteroatoms. The fourth-order valence-corrected chi connectivity index (χ4v) is 1.71. The molecule has 0 radical (unpaired) electrons. The van der Waals surface area contributed by atoms with Crippen molar-refractivity contribution in [2.45, 2.75) is 6.42 Å². The highest BCUT2D eigenvalue weighted by Gasteiger charge is 2.05. The van der Waals surface area contributed by atoms with Gasteiger partial charge in [-0.15, -0.1) is 0 Å². The molecule has 0 fully saturated rings. The van der Waals surface area contributed by atoms with Crippen molar-refractivity contribution in [2.75, 3.05) is 5.32 Å². The lowest BCUT2D eigenvalue weighted by Crippen LogP contribution is -2.09. The van der Waals surface area contributed by atoms with E-state index < -0.39 is 5.97 Å². The summed E-state index contributed by atoms with van der Waals surface area (Å²) in [6.07, 6.45) is -0.208. The van der Waals surface area contributed by atoms with Gasteiger partial charge in [-0.2, -0.15) is 5.26 Å². The second-order valence-electron chi connectivity index (χ2n) is 4.34. The van der Waals surface area contributed by atoms with Crippen LogP contribution in [0.2, 0.25) is 0 Å². The van der Waals surface area contributed by atoms with E-state index in [1.54, 1.807) is 42.5 Å². The van der Waals surface area contributed by atoms with Gasteiger partial charge >= 0.3 is 5.97 Å². The zero-order valence-electron chi connectivity index (χ0n) is 11.4. The molecular weight excluding hydrogens is 284 g/mol. The Bertz CT molecular complexity index is 733. The van der Waals surface area contributed by atoms with Crippen LogP contribution in [0.25, 0.3) is 0 Å². The maximum absolute atomic E-state index is 11.3. The van der Waals surface area contributed by atoms with E-state index in [1.807, 2.05) is 0 Å². The Kier molecular flexibility index (Phi) is 4.73. The average molecular weight is 296 g/mol. The molecule has 1 amide bonds. The Hall–Kier alpha value is -3.33. The average Bonchev–Trinajstić information content (AvgIpc) is 2.50. The molecule has 2 N–H and O–H groups in total. The van der Waals surface area contributed by atoms with Gasteiger partial charge < -0.3 is 15.2 Å². The summed E-state index contributed by atoms with van der Waals surface area (Å²) in [7, 11) is 0. The van der Waals surface area contributed by atoms with Crippen molar-refractivity contribution in [3.05, 3.63) is 54.1 Å². The fraction of sp³-hybridized carbons (Fsp3) is 0.0625. The van der Waals surface area contributed by atoms with Crippen LogP contribution in [-0.4, -0.2) is 17.0 Å². The number of ether oxygens (including phenoxy) is 1. The molecule has 6 nitrogen and oxygen atoms in total. The van der Waals surface area contributed by atoms with Gasteiger partial charge in [-0.1, -0.05) is 6.07 Å². The number of aromatic carboxylic acids is 1. The summed E-state index contributed by atoms with van der Waals surface area (Å²) in [5.74, 6) is -0.506. The van der Waals surface area contributed by atoms with Gasteiger partial charge in [0.05, 0.1) is 11.6 Å². The minimum absolute atomic E-state index is 0.137. The number of hydrogen-bond acceptors (Lipinski definition) is 4. The molecule has 2 rings (SSSR count). The number of nitriles is 1. The molecule has 2 aromatic rings. The third kappa shape index (κ3) is 4.08. The van der Waals surface area contributed by atoms with Gasteiger partial charge in [-0.3, -0.25) is 4.79 Å². The van der Waals surface area contributed by atoms with Crippen LogP contribution in [0.3, 0.4) is 0 Å². The van der Waals surface area contributed by atoms with Crippen molar-refractivity contribution < 1.29 is 19.4 Å². The van der Waals surface area contributed by atoms with Gasteiger partial charge in [0, 0.05) is 5.69 Å². The molecule has 0 aliphatic carbocycles. The van der Waals surface area contributed by atoms with Crippen LogP contribution >= 0.6 is 0 Å². The smallest absolute Gasteiger partial charge is 0.335 e. The standard InChI is InChI=1S/C16H12N2O4/c17-9-8-15(19)18-12-4-6-13(7-5-12)22-14-3-1-2-11(10-14)16(20)21/h1-7,10H,8H2,(H,18,19)(H,20,21). The van der Waals surface area contributed by atoms with Gasteiger partial charge in [0.15, 0.2) is 0 Å². The Labute approximate surface area is 126 Å². The topological polar surface area (TPSA) is 99.4 Å². The highest BCUT2D eigenvalue weighted by Crippen LogP contribution is 2.23. The number of amides is 1. The van der Waals surface area contributed by atoms with E-state index in [-0.39, 0.29) is 17.9 Å². The molecule has 0 atom stereocenters. The summed E-state index contributed by atoms with van der Waals surface area (Å²) < 4.78 is 5.55. The van der Waals surface area contributed by atoms with Crippen LogP contribution in [0.1, 0.15) is 16.8 Å². The van der Waals surface area contributed by atoms with Crippen molar-refractivity contribution in [3.8, 4) is 17.6 Å². The Morgan fingerprint density at radius 3 is 2.50 bits per heavy atom. The molecule has 0 aliphatic heterocycles. The number of hydrogen-bond donors (Lipinski definition) is 2. The summed E-state index contributed by atoms with van der Waals surface area (Å²) in [4.78, 5) is 22.2. The minimum Gasteiger partial charge on any atom is -0.478 e. The fourth-order valence-electron chi connectivity index (χ4n) is 1.71. The number of nitrogens with one attached hydrogen (secondary N) is 1. The number of benzene rings is 2. The molecule has 110 valence electrons. The van der Waals surface area contributed by atoms with Crippen LogP contribution in [0.4, 0.5) is 5.69 Å². The second-order valence-corrected chi connectivity index (χ2v) is 4.34. The first kappa shape index (κ1) is 15.1. The van der Waals surface area contributed by atoms with Gasteiger partial charge in [0.25, 0.3) is 0 Å². The van der Waals surface area contributed by atoms with Crippen molar-refractivity contribution in [1.82, 2.24) is 0 Å². The zero-order chi connectivity index (χ0) is 15.9. The number of carbonyl (C=O) groups excluding carboxylic acids is 1. The normalized spacial score (nSPS) is 9.59. The van der Waals surface area contributed by atoms with E-state index in [0.29, 0.717) is 17.2 Å². The van der Waals surface area contributed by atoms with E-state index in [9.17, 15) is 9.59 Å². The molecule has 2 aromatic carbocycles. The first-order valence-corrected chi connectivity index (χ1v) is 6.36. The van der Waals surface area contributed by atoms with E-state index in [1.165, 1.54) is 12.1 Å². The first-order chi connectivity index (χ1) is 10.6. The monoisotopic (exact) mass is 296 g/mol. The Balaban J connectivity index is 2.05. The molecule has 22 heavy (non-hydrogen) atoms. The molecule has 0 unspecified atom stereocenters. The van der Waals surface area contributed by atoms with Gasteiger partial charge in [-0.05, 0) is 42.5 Å². The van der Waals surface area contributed by atoms with Crippen molar-refractivity contribution in [2.24, 2.45) is 0 Å². The van der Waals surface area contributed by atoms with Crippen molar-refractivity contribution in [3.63, 3.8) is 0 Å². The summed E-state index contributed by atoms with van der Waals surface area (Å²) in [6, 6.07) is 14.4. The van der Waals surface area contributed by atoms with E-state index >= 15 is 0 Å². The molecule has 0 saturated carbocycles. The summed E-state index contributed by atoms with van der Waals surface area (Å²) in [5, 5.41) is 19.9. The Morgan fingerprint density at radius 1 is 1.14 bits per heavy atom. The molecule has 0 aromatic heterocycles. The third-order valence-electron chi connectivity index (χ3n) is 2.69. The van der Waals surface area contributed by atoms with Crippen molar-refractivity contribution >= 4 is 17.6 Å². The predicted molar refractivity (Wildman–Crippen MR) is 78.8 cm³/mol. The van der Waals surface area contributed by atoms with Crippen molar-refractivity contribution in [1.29, 1.82) is 5.26 Å². The van der Waals surface area contributed by atoms with Gasteiger partial charge in [0.2, 0.25) is 5.91 Å². The molecule has 0 bridgehead atoms. The second kappa shape index (κ2) is 6.90. The van der Waals surface area contributed by atoms with Gasteiger partial charge in [0.1, 0.15) is 17.9 Å². The van der Waals surface area contributed by atoms with E-state index in [4.69, 9.17) is 15.1 Å².